The summed E-state index contributed by atoms with van der Waals surface area (Å²) in [7, 11) is 0. The quantitative estimate of drug-likeness (QED) is 0.891. The van der Waals surface area contributed by atoms with Crippen molar-refractivity contribution in [1.82, 2.24) is 5.32 Å². The van der Waals surface area contributed by atoms with Gasteiger partial charge < -0.3 is 19.9 Å². The third-order valence-corrected chi connectivity index (χ3v) is 4.17. The molecule has 3 rings (SSSR count). The maximum absolute atomic E-state index is 10.4. The lowest BCUT2D eigenvalue weighted by Crippen LogP contribution is -2.41. The van der Waals surface area contributed by atoms with Crippen molar-refractivity contribution in [2.75, 3.05) is 13.2 Å². The molecule has 4 heteroatoms. The Morgan fingerprint density at radius 2 is 2.05 bits per heavy atom. The van der Waals surface area contributed by atoms with Crippen molar-refractivity contribution in [3.05, 3.63) is 23.8 Å². The lowest BCUT2D eigenvalue weighted by atomic mass is 9.93. The first-order valence-electron chi connectivity index (χ1n) is 7.56. The summed E-state index contributed by atoms with van der Waals surface area (Å²) in [6.07, 6.45) is 3.92. The van der Waals surface area contributed by atoms with Crippen LogP contribution < -0.4 is 14.8 Å². The Balaban J connectivity index is 1.66. The van der Waals surface area contributed by atoms with Crippen molar-refractivity contribution >= 4 is 0 Å². The van der Waals surface area contributed by atoms with Crippen molar-refractivity contribution in [3.8, 4) is 11.5 Å². The van der Waals surface area contributed by atoms with E-state index in [2.05, 4.69) is 12.2 Å². The molecule has 0 aliphatic carbocycles. The van der Waals surface area contributed by atoms with E-state index in [4.69, 9.17) is 9.47 Å². The minimum absolute atomic E-state index is 0.405. The van der Waals surface area contributed by atoms with Crippen molar-refractivity contribution in [2.45, 2.75) is 50.8 Å². The number of nitrogens with one attached hydrogen (secondary N) is 1. The number of hydrogen-bond acceptors (Lipinski definition) is 4. The first kappa shape index (κ1) is 13.7. The number of aliphatic hydroxyl groups is 1. The molecule has 110 valence electrons. The highest BCUT2D eigenvalue weighted by Crippen LogP contribution is 2.34. The third-order valence-electron chi connectivity index (χ3n) is 4.17. The van der Waals surface area contributed by atoms with Gasteiger partial charge in [0.2, 0.25) is 0 Å². The van der Waals surface area contributed by atoms with Crippen LogP contribution in [0.2, 0.25) is 0 Å². The van der Waals surface area contributed by atoms with E-state index in [9.17, 15) is 5.11 Å². The van der Waals surface area contributed by atoms with Crippen molar-refractivity contribution < 1.29 is 14.6 Å². The third kappa shape index (κ3) is 3.07. The number of ether oxygens (including phenoxy) is 2. The van der Waals surface area contributed by atoms with Crippen LogP contribution >= 0.6 is 0 Å². The molecular formula is C16H23NO3. The van der Waals surface area contributed by atoms with Crippen LogP contribution in [0.5, 0.6) is 11.5 Å². The van der Waals surface area contributed by atoms with Crippen LogP contribution in [0, 0.1) is 0 Å². The van der Waals surface area contributed by atoms with Gasteiger partial charge in [-0.3, -0.25) is 0 Å². The maximum Gasteiger partial charge on any atom is 0.161 e. The van der Waals surface area contributed by atoms with Crippen molar-refractivity contribution in [1.29, 1.82) is 0 Å². The second-order valence-corrected chi connectivity index (χ2v) is 5.85. The van der Waals surface area contributed by atoms with Gasteiger partial charge in [0.05, 0.1) is 6.10 Å². The van der Waals surface area contributed by atoms with E-state index in [-0.39, 0.29) is 0 Å². The number of hydrogen-bond donors (Lipinski definition) is 2. The normalized spacial score (nSPS) is 27.1. The zero-order valence-corrected chi connectivity index (χ0v) is 12.0. The van der Waals surface area contributed by atoms with Crippen LogP contribution in [-0.4, -0.2) is 30.4 Å². The monoisotopic (exact) mass is 277 g/mol. The van der Waals surface area contributed by atoms with Gasteiger partial charge in [0, 0.05) is 12.1 Å². The van der Waals surface area contributed by atoms with Gasteiger partial charge >= 0.3 is 0 Å². The summed E-state index contributed by atoms with van der Waals surface area (Å²) >= 11 is 0. The molecule has 1 saturated heterocycles. The van der Waals surface area contributed by atoms with Gasteiger partial charge in [0.1, 0.15) is 13.2 Å². The standard InChI is InChI=1S/C16H23NO3/c1-11-3-2-4-13(17-11)10-14(18)12-5-6-15-16(9-12)20-8-7-19-15/h5-6,9,11,13-14,17-18H,2-4,7-8,10H2,1H3. The highest BCUT2D eigenvalue weighted by Gasteiger charge is 2.22. The minimum atomic E-state index is -0.450. The molecule has 1 aromatic carbocycles. The summed E-state index contributed by atoms with van der Waals surface area (Å²) in [5.41, 5.74) is 0.911. The van der Waals surface area contributed by atoms with Gasteiger partial charge in [0.15, 0.2) is 11.5 Å². The fourth-order valence-electron chi connectivity index (χ4n) is 3.10. The average molecular weight is 277 g/mol. The average Bonchev–Trinajstić information content (AvgIpc) is 2.47. The highest BCUT2D eigenvalue weighted by molar-refractivity contribution is 5.44. The zero-order chi connectivity index (χ0) is 13.9. The number of benzene rings is 1. The summed E-state index contributed by atoms with van der Waals surface area (Å²) in [6, 6.07) is 6.70. The molecule has 3 atom stereocenters. The van der Waals surface area contributed by atoms with Gasteiger partial charge in [-0.05, 0) is 43.9 Å². The van der Waals surface area contributed by atoms with Gasteiger partial charge in [-0.2, -0.15) is 0 Å². The number of rotatable bonds is 3. The Morgan fingerprint density at radius 3 is 2.85 bits per heavy atom. The smallest absolute Gasteiger partial charge is 0.161 e. The first-order valence-corrected chi connectivity index (χ1v) is 7.56. The fourth-order valence-corrected chi connectivity index (χ4v) is 3.10. The second kappa shape index (κ2) is 6.02. The van der Waals surface area contributed by atoms with Crippen LogP contribution in [0.15, 0.2) is 18.2 Å². The topological polar surface area (TPSA) is 50.7 Å². The number of fused-ring (bicyclic) bond motifs is 1. The molecule has 0 saturated carbocycles. The summed E-state index contributed by atoms with van der Waals surface area (Å²) in [5, 5.41) is 14.0. The summed E-state index contributed by atoms with van der Waals surface area (Å²) in [5.74, 6) is 1.52. The van der Waals surface area contributed by atoms with Gasteiger partial charge in [-0.1, -0.05) is 12.5 Å². The molecule has 0 radical (unpaired) electrons. The molecule has 2 aliphatic rings. The summed E-state index contributed by atoms with van der Waals surface area (Å²) in [4.78, 5) is 0. The molecular weight excluding hydrogens is 254 g/mol. The fraction of sp³-hybridized carbons (Fsp3) is 0.625. The SMILES string of the molecule is CC1CCCC(CC(O)c2ccc3c(c2)OCCO3)N1. The van der Waals surface area contributed by atoms with Gasteiger partial charge in [0.25, 0.3) is 0 Å². The molecule has 1 fully saturated rings. The molecule has 2 aliphatic heterocycles. The Hall–Kier alpha value is -1.26. The van der Waals surface area contributed by atoms with E-state index in [1.807, 2.05) is 18.2 Å². The Morgan fingerprint density at radius 1 is 1.25 bits per heavy atom. The van der Waals surface area contributed by atoms with E-state index >= 15 is 0 Å². The molecule has 0 spiro atoms. The van der Waals surface area contributed by atoms with Gasteiger partial charge in [-0.25, -0.2) is 0 Å². The number of piperidine rings is 1. The van der Waals surface area contributed by atoms with Crippen LogP contribution in [0.1, 0.15) is 44.3 Å². The molecule has 0 amide bonds. The molecule has 0 aromatic heterocycles. The minimum Gasteiger partial charge on any atom is -0.486 e. The zero-order valence-electron chi connectivity index (χ0n) is 12.0. The molecule has 3 unspecified atom stereocenters. The van der Waals surface area contributed by atoms with Crippen LogP contribution in [0.4, 0.5) is 0 Å². The van der Waals surface area contributed by atoms with Crippen molar-refractivity contribution in [3.63, 3.8) is 0 Å². The van der Waals surface area contributed by atoms with Crippen molar-refractivity contribution in [2.24, 2.45) is 0 Å². The predicted octanol–water partition coefficient (Wildman–Crippen LogP) is 2.41. The number of aliphatic hydroxyl groups excluding tert-OH is 1. The second-order valence-electron chi connectivity index (χ2n) is 5.85. The Bertz CT molecular complexity index is 463. The van der Waals surface area contributed by atoms with E-state index in [0.717, 1.165) is 29.9 Å². The summed E-state index contributed by atoms with van der Waals surface area (Å²) < 4.78 is 11.1. The van der Waals surface area contributed by atoms with E-state index in [0.29, 0.717) is 25.3 Å². The lowest BCUT2D eigenvalue weighted by molar-refractivity contribution is 0.137. The van der Waals surface area contributed by atoms with Crippen LogP contribution in [0.3, 0.4) is 0 Å². The predicted molar refractivity (Wildman–Crippen MR) is 77.2 cm³/mol. The molecule has 0 bridgehead atoms. The van der Waals surface area contributed by atoms with Crippen LogP contribution in [-0.2, 0) is 0 Å². The van der Waals surface area contributed by atoms with E-state index in [1.54, 1.807) is 0 Å². The van der Waals surface area contributed by atoms with Crippen LogP contribution in [0.25, 0.3) is 0 Å². The summed E-state index contributed by atoms with van der Waals surface area (Å²) in [6.45, 7) is 3.38. The molecule has 20 heavy (non-hydrogen) atoms. The Kier molecular flexibility index (Phi) is 4.13. The first-order chi connectivity index (χ1) is 9.72. The largest absolute Gasteiger partial charge is 0.486 e. The van der Waals surface area contributed by atoms with E-state index in [1.165, 1.54) is 12.8 Å². The van der Waals surface area contributed by atoms with Gasteiger partial charge in [-0.15, -0.1) is 0 Å². The molecule has 2 N–H and O–H groups in total. The maximum atomic E-state index is 10.4. The molecule has 1 aromatic rings. The van der Waals surface area contributed by atoms with E-state index < -0.39 is 6.10 Å². The molecule has 4 nitrogen and oxygen atoms in total. The Labute approximate surface area is 120 Å². The highest BCUT2D eigenvalue weighted by atomic mass is 16.6. The molecule has 2 heterocycles. The lowest BCUT2D eigenvalue weighted by Gasteiger charge is -2.30.